The number of hydrogen-bond acceptors (Lipinski definition) is 1. The van der Waals surface area contributed by atoms with E-state index in [1.165, 1.54) is 114 Å². The summed E-state index contributed by atoms with van der Waals surface area (Å²) in [5, 5.41) is 5.15. The number of anilines is 3. The van der Waals surface area contributed by atoms with Crippen molar-refractivity contribution in [3.63, 3.8) is 0 Å². The van der Waals surface area contributed by atoms with Crippen LogP contribution in [-0.4, -0.2) is 0 Å². The van der Waals surface area contributed by atoms with E-state index in [1.807, 2.05) is 0 Å². The topological polar surface area (TPSA) is 3.24 Å². The number of fused-ring (bicyclic) bond motifs is 14. The molecule has 4 aliphatic carbocycles. The summed E-state index contributed by atoms with van der Waals surface area (Å²) in [4.78, 5) is 2.53. The van der Waals surface area contributed by atoms with E-state index in [4.69, 9.17) is 0 Å². The van der Waals surface area contributed by atoms with Crippen LogP contribution in [0.1, 0.15) is 61.8 Å². The number of hydrogen-bond donors (Lipinski definition) is 0. The van der Waals surface area contributed by atoms with E-state index >= 15 is 0 Å². The largest absolute Gasteiger partial charge is 0.310 e. The third kappa shape index (κ3) is 4.95. The molecule has 0 amide bonds. The minimum Gasteiger partial charge on any atom is -0.310 e. The van der Waals surface area contributed by atoms with E-state index in [-0.39, 0.29) is 10.8 Å². The van der Waals surface area contributed by atoms with Crippen LogP contribution in [0.4, 0.5) is 17.1 Å². The Bertz CT molecular complexity index is 3260. The second kappa shape index (κ2) is 12.9. The van der Waals surface area contributed by atoms with Crippen LogP contribution in [-0.2, 0) is 10.8 Å². The maximum atomic E-state index is 2.59. The van der Waals surface area contributed by atoms with E-state index < -0.39 is 0 Å². The van der Waals surface area contributed by atoms with Crippen molar-refractivity contribution in [2.24, 2.45) is 11.8 Å². The Hall–Kier alpha value is -6.70. The lowest BCUT2D eigenvalue weighted by molar-refractivity contribution is 0.327. The monoisotopic (exact) mass is 781 g/mol. The van der Waals surface area contributed by atoms with Crippen molar-refractivity contribution in [2.75, 3.05) is 4.90 Å². The summed E-state index contributed by atoms with van der Waals surface area (Å²) in [6, 6.07) is 71.4. The van der Waals surface area contributed by atoms with Gasteiger partial charge in [0, 0.05) is 27.9 Å². The summed E-state index contributed by atoms with van der Waals surface area (Å²) in [6.07, 6.45) is 5.34. The molecule has 0 aliphatic heterocycles. The summed E-state index contributed by atoms with van der Waals surface area (Å²) in [5.74, 6) is 1.53. The van der Waals surface area contributed by atoms with Crippen molar-refractivity contribution < 1.29 is 0 Å². The Morgan fingerprint density at radius 1 is 0.426 bits per heavy atom. The SMILES string of the molecule is CC1(C)c2ccccc2-c2cccc(-c3cccc(N(c4ccc(-c5cc6ccccc6c6ccccc56)cc4)c4ccc5c(c4)C4(CC6CCC4C6)c4ccccc4-5)c3)c21. The Kier molecular flexibility index (Phi) is 7.42. The van der Waals surface area contributed by atoms with Gasteiger partial charge in [0.25, 0.3) is 0 Å². The molecule has 2 fully saturated rings. The van der Waals surface area contributed by atoms with Crippen LogP contribution in [0.25, 0.3) is 66.1 Å². The highest BCUT2D eigenvalue weighted by atomic mass is 15.1. The predicted molar refractivity (Wildman–Crippen MR) is 256 cm³/mol. The molecule has 2 saturated carbocycles. The van der Waals surface area contributed by atoms with Gasteiger partial charge in [0.15, 0.2) is 0 Å². The van der Waals surface area contributed by atoms with Gasteiger partial charge >= 0.3 is 0 Å². The maximum absolute atomic E-state index is 2.59. The molecule has 1 heteroatoms. The normalized spacial score (nSPS) is 19.9. The second-order valence-electron chi connectivity index (χ2n) is 18.8. The molecule has 2 bridgehead atoms. The summed E-state index contributed by atoms with van der Waals surface area (Å²) in [6.45, 7) is 4.79. The molecule has 0 aromatic heterocycles. The highest BCUT2D eigenvalue weighted by Gasteiger charge is 2.56. The molecule has 9 aromatic rings. The van der Waals surface area contributed by atoms with Gasteiger partial charge in [-0.2, -0.15) is 0 Å². The van der Waals surface area contributed by atoms with E-state index in [0.717, 1.165) is 11.6 Å². The Labute approximate surface area is 359 Å². The molecular weight excluding hydrogens is 735 g/mol. The van der Waals surface area contributed by atoms with Crippen molar-refractivity contribution in [3.8, 4) is 44.5 Å². The van der Waals surface area contributed by atoms with Gasteiger partial charge in [-0.15, -0.1) is 0 Å². The van der Waals surface area contributed by atoms with E-state index in [9.17, 15) is 0 Å². The summed E-state index contributed by atoms with van der Waals surface area (Å²) in [7, 11) is 0. The first-order chi connectivity index (χ1) is 30.0. The molecule has 3 atom stereocenters. The Balaban J connectivity index is 0.988. The van der Waals surface area contributed by atoms with Crippen LogP contribution in [0.2, 0.25) is 0 Å². The molecular formula is C60H47N. The highest BCUT2D eigenvalue weighted by Crippen LogP contribution is 2.66. The smallest absolute Gasteiger partial charge is 0.0467 e. The van der Waals surface area contributed by atoms with Gasteiger partial charge in [-0.05, 0) is 162 Å². The third-order valence-corrected chi connectivity index (χ3v) is 15.5. The Morgan fingerprint density at radius 3 is 1.87 bits per heavy atom. The van der Waals surface area contributed by atoms with Crippen molar-refractivity contribution >= 4 is 38.6 Å². The van der Waals surface area contributed by atoms with E-state index in [2.05, 4.69) is 207 Å². The zero-order chi connectivity index (χ0) is 40.5. The zero-order valence-electron chi connectivity index (χ0n) is 34.8. The molecule has 13 rings (SSSR count). The third-order valence-electron chi connectivity index (χ3n) is 15.5. The molecule has 1 spiro atoms. The quantitative estimate of drug-likeness (QED) is 0.157. The number of nitrogens with zero attached hydrogens (tertiary/aromatic N) is 1. The van der Waals surface area contributed by atoms with Crippen molar-refractivity contribution in [1.29, 1.82) is 0 Å². The molecule has 4 aliphatic rings. The predicted octanol–water partition coefficient (Wildman–Crippen LogP) is 16.2. The molecule has 61 heavy (non-hydrogen) atoms. The van der Waals surface area contributed by atoms with Crippen LogP contribution >= 0.6 is 0 Å². The fourth-order valence-electron chi connectivity index (χ4n) is 12.9. The summed E-state index contributed by atoms with van der Waals surface area (Å²) < 4.78 is 0. The van der Waals surface area contributed by atoms with E-state index in [0.29, 0.717) is 5.92 Å². The lowest BCUT2D eigenvalue weighted by Crippen LogP contribution is -2.32. The van der Waals surface area contributed by atoms with Crippen LogP contribution in [0.15, 0.2) is 188 Å². The lowest BCUT2D eigenvalue weighted by Gasteiger charge is -2.37. The molecule has 3 unspecified atom stereocenters. The van der Waals surface area contributed by atoms with Crippen molar-refractivity contribution in [3.05, 3.63) is 210 Å². The van der Waals surface area contributed by atoms with Crippen molar-refractivity contribution in [1.82, 2.24) is 0 Å². The summed E-state index contributed by atoms with van der Waals surface area (Å²) in [5.41, 5.74) is 20.1. The molecule has 0 saturated heterocycles. The first kappa shape index (κ1) is 35.1. The summed E-state index contributed by atoms with van der Waals surface area (Å²) >= 11 is 0. The van der Waals surface area contributed by atoms with Gasteiger partial charge in [-0.1, -0.05) is 166 Å². The van der Waals surface area contributed by atoms with Gasteiger partial charge in [-0.25, -0.2) is 0 Å². The van der Waals surface area contributed by atoms with Crippen LogP contribution < -0.4 is 4.90 Å². The maximum Gasteiger partial charge on any atom is 0.0467 e. The Morgan fingerprint density at radius 2 is 1.07 bits per heavy atom. The lowest BCUT2D eigenvalue weighted by atomic mass is 9.67. The average Bonchev–Trinajstić information content (AvgIpc) is 4.06. The molecule has 1 nitrogen and oxygen atoms in total. The highest BCUT2D eigenvalue weighted by molar-refractivity contribution is 6.13. The minimum absolute atomic E-state index is 0.102. The molecule has 292 valence electrons. The first-order valence-electron chi connectivity index (χ1n) is 22.4. The van der Waals surface area contributed by atoms with Gasteiger partial charge in [-0.3, -0.25) is 0 Å². The van der Waals surface area contributed by atoms with Gasteiger partial charge in [0.2, 0.25) is 0 Å². The fourth-order valence-corrected chi connectivity index (χ4v) is 12.9. The first-order valence-corrected chi connectivity index (χ1v) is 22.4. The van der Waals surface area contributed by atoms with Gasteiger partial charge < -0.3 is 4.90 Å². The standard InChI is InChI=1S/C60H47N/c1-59(2)55-23-9-7-20-51(55)53-22-12-21-47(58(53)59)40-14-11-15-44(34-40)61(43-29-26-39(27-30-43)54-35-41-13-3-4-16-46(41)48-17-5-6-18-49(48)54)45-31-32-52-50-19-8-10-24-56(50)60(57(52)36-45)37-38-25-28-42(60)33-38/h3-24,26-27,29-32,34-36,38,42H,25,28,33,37H2,1-2H3. The van der Waals surface area contributed by atoms with Gasteiger partial charge in [0.1, 0.15) is 0 Å². The molecule has 0 heterocycles. The molecule has 9 aromatic carbocycles. The number of benzene rings is 9. The molecule has 0 radical (unpaired) electrons. The fraction of sp³-hybridized carbons (Fsp3) is 0.167. The number of rotatable bonds is 5. The second-order valence-corrected chi connectivity index (χ2v) is 18.8. The van der Waals surface area contributed by atoms with Crippen LogP contribution in [0, 0.1) is 11.8 Å². The minimum atomic E-state index is -0.106. The average molecular weight is 782 g/mol. The molecule has 0 N–H and O–H groups in total. The zero-order valence-corrected chi connectivity index (χ0v) is 34.8. The van der Waals surface area contributed by atoms with Gasteiger partial charge in [0.05, 0.1) is 0 Å². The van der Waals surface area contributed by atoms with Crippen LogP contribution in [0.3, 0.4) is 0 Å². The van der Waals surface area contributed by atoms with Crippen molar-refractivity contribution in [2.45, 2.75) is 50.4 Å². The van der Waals surface area contributed by atoms with Crippen LogP contribution in [0.5, 0.6) is 0 Å². The van der Waals surface area contributed by atoms with E-state index in [1.54, 1.807) is 11.1 Å².